The minimum absolute atomic E-state index is 0.0773. The van der Waals surface area contributed by atoms with Gasteiger partial charge in [-0.15, -0.1) is 0 Å². The summed E-state index contributed by atoms with van der Waals surface area (Å²) in [7, 11) is 1.87. The molecule has 1 aromatic rings. The zero-order valence-corrected chi connectivity index (χ0v) is 33.7. The van der Waals surface area contributed by atoms with Crippen LogP contribution in [0.4, 0.5) is 0 Å². The number of nitrogens with two attached hydrogens (primary N) is 1. The van der Waals surface area contributed by atoms with Crippen molar-refractivity contribution >= 4 is 11.9 Å². The second-order valence-corrected chi connectivity index (χ2v) is 15.4. The van der Waals surface area contributed by atoms with Gasteiger partial charge in [-0.25, -0.2) is 9.78 Å². The van der Waals surface area contributed by atoms with Gasteiger partial charge in [-0.3, -0.25) is 4.79 Å². The van der Waals surface area contributed by atoms with E-state index < -0.39 is 24.2 Å². The lowest BCUT2D eigenvalue weighted by Crippen LogP contribution is -2.46. The molecule has 1 rings (SSSR count). The molecule has 298 valence electrons. The standard InChI is InChI=1S/C43H82N4O4/c1-4-6-8-10-12-14-16-18-19-21-23-25-27-29-31-33-42(49)46-40(34-38-35-47(3)37-45-38)43(50)51-36-39(44)41(48)32-30-28-26-24-22-20-17-15-13-11-9-7-5-2/h35,37,39-41,48H,4-34,36,44H2,1-3H3,(H,46,49). The van der Waals surface area contributed by atoms with E-state index in [0.717, 1.165) is 32.1 Å². The van der Waals surface area contributed by atoms with E-state index in [-0.39, 0.29) is 18.9 Å². The second kappa shape index (κ2) is 33.9. The van der Waals surface area contributed by atoms with Crippen LogP contribution < -0.4 is 11.1 Å². The summed E-state index contributed by atoms with van der Waals surface area (Å²) in [6.07, 6.45) is 39.8. The van der Waals surface area contributed by atoms with Gasteiger partial charge < -0.3 is 25.5 Å². The number of nitrogens with zero attached hydrogens (tertiary/aromatic N) is 2. The highest BCUT2D eigenvalue weighted by atomic mass is 16.5. The SMILES string of the molecule is CCCCCCCCCCCCCCCCCC(=O)NC(Cc1cn(C)cn1)C(=O)OCC(N)C(O)CCCCCCCCCCCCCCC. The first-order chi connectivity index (χ1) is 24.9. The number of esters is 1. The van der Waals surface area contributed by atoms with Crippen LogP contribution in [0, 0.1) is 0 Å². The third-order valence-corrected chi connectivity index (χ3v) is 10.3. The van der Waals surface area contributed by atoms with Crippen LogP contribution in [-0.4, -0.2) is 51.3 Å². The van der Waals surface area contributed by atoms with Gasteiger partial charge in [-0.2, -0.15) is 0 Å². The number of amides is 1. The average molecular weight is 719 g/mol. The highest BCUT2D eigenvalue weighted by Crippen LogP contribution is 2.16. The monoisotopic (exact) mass is 719 g/mol. The number of aliphatic hydroxyl groups excluding tert-OH is 1. The molecule has 8 nitrogen and oxygen atoms in total. The number of hydrogen-bond donors (Lipinski definition) is 3. The summed E-state index contributed by atoms with van der Waals surface area (Å²) in [5.74, 6) is -0.677. The van der Waals surface area contributed by atoms with Gasteiger partial charge in [0.1, 0.15) is 12.6 Å². The van der Waals surface area contributed by atoms with Gasteiger partial charge in [-0.1, -0.05) is 187 Å². The Kier molecular flexibility index (Phi) is 31.3. The Morgan fingerprint density at radius 2 is 1.12 bits per heavy atom. The molecular weight excluding hydrogens is 636 g/mol. The molecule has 3 unspecified atom stereocenters. The summed E-state index contributed by atoms with van der Waals surface area (Å²) < 4.78 is 7.36. The van der Waals surface area contributed by atoms with Crippen molar-refractivity contribution in [2.75, 3.05) is 6.61 Å². The van der Waals surface area contributed by atoms with E-state index >= 15 is 0 Å². The lowest BCUT2D eigenvalue weighted by atomic mass is 10.0. The van der Waals surface area contributed by atoms with Crippen molar-refractivity contribution in [3.63, 3.8) is 0 Å². The summed E-state index contributed by atoms with van der Waals surface area (Å²) in [5.41, 5.74) is 6.92. The molecule has 1 heterocycles. The number of ether oxygens (including phenoxy) is 1. The third-order valence-electron chi connectivity index (χ3n) is 10.3. The maximum atomic E-state index is 13.1. The number of aliphatic hydroxyl groups is 1. The van der Waals surface area contributed by atoms with E-state index in [1.807, 2.05) is 17.8 Å². The Balaban J connectivity index is 2.21. The van der Waals surface area contributed by atoms with Crippen molar-refractivity contribution in [2.24, 2.45) is 12.8 Å². The summed E-state index contributed by atoms with van der Waals surface area (Å²) in [4.78, 5) is 30.3. The second-order valence-electron chi connectivity index (χ2n) is 15.4. The van der Waals surface area contributed by atoms with Crippen molar-refractivity contribution < 1.29 is 19.4 Å². The Morgan fingerprint density at radius 1 is 0.706 bits per heavy atom. The molecule has 0 aliphatic heterocycles. The van der Waals surface area contributed by atoms with Crippen LogP contribution >= 0.6 is 0 Å². The molecule has 0 aliphatic rings. The first-order valence-corrected chi connectivity index (χ1v) is 21.7. The predicted octanol–water partition coefficient (Wildman–Crippen LogP) is 10.4. The number of aryl methyl sites for hydroxylation is 1. The van der Waals surface area contributed by atoms with Gasteiger partial charge in [-0.05, 0) is 12.8 Å². The fourth-order valence-corrected chi connectivity index (χ4v) is 6.87. The van der Waals surface area contributed by atoms with Crippen molar-refractivity contribution in [1.29, 1.82) is 0 Å². The maximum absolute atomic E-state index is 13.1. The molecule has 1 amide bonds. The van der Waals surface area contributed by atoms with Gasteiger partial charge in [0.2, 0.25) is 5.91 Å². The Bertz CT molecular complexity index is 939. The lowest BCUT2D eigenvalue weighted by molar-refractivity contribution is -0.149. The number of carbonyl (C=O) groups excluding carboxylic acids is 2. The van der Waals surface area contributed by atoms with E-state index in [1.165, 1.54) is 148 Å². The molecule has 51 heavy (non-hydrogen) atoms. The van der Waals surface area contributed by atoms with Crippen LogP contribution in [-0.2, 0) is 27.8 Å². The van der Waals surface area contributed by atoms with Gasteiger partial charge in [0.05, 0.1) is 24.2 Å². The molecule has 8 heteroatoms. The first kappa shape index (κ1) is 47.1. The number of imidazole rings is 1. The molecule has 0 saturated heterocycles. The molecule has 4 N–H and O–H groups in total. The van der Waals surface area contributed by atoms with E-state index in [1.54, 1.807) is 6.33 Å². The smallest absolute Gasteiger partial charge is 0.329 e. The molecule has 0 saturated carbocycles. The highest BCUT2D eigenvalue weighted by molar-refractivity contribution is 5.84. The van der Waals surface area contributed by atoms with Crippen molar-refractivity contribution in [3.05, 3.63) is 18.2 Å². The summed E-state index contributed by atoms with van der Waals surface area (Å²) >= 11 is 0. The number of rotatable bonds is 37. The highest BCUT2D eigenvalue weighted by Gasteiger charge is 2.25. The minimum Gasteiger partial charge on any atom is -0.462 e. The van der Waals surface area contributed by atoms with Gasteiger partial charge in [0, 0.05) is 26.1 Å². The van der Waals surface area contributed by atoms with Crippen LogP contribution in [0.15, 0.2) is 12.5 Å². The molecule has 0 bridgehead atoms. The molecule has 0 aromatic carbocycles. The van der Waals surface area contributed by atoms with E-state index in [0.29, 0.717) is 18.5 Å². The quantitative estimate of drug-likeness (QED) is 0.0465. The van der Waals surface area contributed by atoms with Crippen LogP contribution in [0.5, 0.6) is 0 Å². The third kappa shape index (κ3) is 28.3. The average Bonchev–Trinajstić information content (AvgIpc) is 3.54. The number of nitrogens with one attached hydrogen (secondary N) is 1. The van der Waals surface area contributed by atoms with Crippen LogP contribution in [0.25, 0.3) is 0 Å². The summed E-state index contributed by atoms with van der Waals surface area (Å²) in [5, 5.41) is 13.5. The van der Waals surface area contributed by atoms with Crippen LogP contribution in [0.2, 0.25) is 0 Å². The Hall–Kier alpha value is -1.93. The van der Waals surface area contributed by atoms with Crippen molar-refractivity contribution in [3.8, 4) is 0 Å². The summed E-state index contributed by atoms with van der Waals surface area (Å²) in [6.45, 7) is 4.46. The van der Waals surface area contributed by atoms with Crippen molar-refractivity contribution in [2.45, 2.75) is 231 Å². The van der Waals surface area contributed by atoms with Gasteiger partial charge in [0.25, 0.3) is 0 Å². The van der Waals surface area contributed by atoms with E-state index in [2.05, 4.69) is 24.1 Å². The molecular formula is C43H82N4O4. The minimum atomic E-state index is -0.839. The molecule has 0 aliphatic carbocycles. The number of hydrogen-bond acceptors (Lipinski definition) is 6. The van der Waals surface area contributed by atoms with Gasteiger partial charge >= 0.3 is 5.97 Å². The molecule has 0 spiro atoms. The normalized spacial score (nSPS) is 13.3. The zero-order valence-electron chi connectivity index (χ0n) is 33.7. The van der Waals surface area contributed by atoms with Crippen LogP contribution in [0.1, 0.15) is 212 Å². The molecule has 3 atom stereocenters. The summed E-state index contributed by atoms with van der Waals surface area (Å²) in [6, 6.07) is -1.49. The van der Waals surface area contributed by atoms with E-state index in [4.69, 9.17) is 10.5 Å². The number of unbranched alkanes of at least 4 members (excludes halogenated alkanes) is 26. The Morgan fingerprint density at radius 3 is 1.53 bits per heavy atom. The fraction of sp³-hybridized carbons (Fsp3) is 0.884. The number of carbonyl (C=O) groups is 2. The van der Waals surface area contributed by atoms with Crippen LogP contribution in [0.3, 0.4) is 0 Å². The van der Waals surface area contributed by atoms with Gasteiger partial charge in [0.15, 0.2) is 0 Å². The number of aromatic nitrogens is 2. The first-order valence-electron chi connectivity index (χ1n) is 21.7. The van der Waals surface area contributed by atoms with Crippen molar-refractivity contribution in [1.82, 2.24) is 14.9 Å². The fourth-order valence-electron chi connectivity index (χ4n) is 6.87. The lowest BCUT2D eigenvalue weighted by Gasteiger charge is -2.21. The topological polar surface area (TPSA) is 119 Å². The van der Waals surface area contributed by atoms with E-state index in [9.17, 15) is 14.7 Å². The largest absolute Gasteiger partial charge is 0.462 e. The zero-order chi connectivity index (χ0) is 37.2. The predicted molar refractivity (Wildman–Crippen MR) is 214 cm³/mol. The molecule has 1 aromatic heterocycles. The molecule has 0 radical (unpaired) electrons. The Labute approximate surface area is 314 Å². The molecule has 0 fully saturated rings. The maximum Gasteiger partial charge on any atom is 0.329 e.